The van der Waals surface area contributed by atoms with Crippen molar-refractivity contribution in [1.29, 1.82) is 0 Å². The molecule has 0 radical (unpaired) electrons. The van der Waals surface area contributed by atoms with E-state index in [0.29, 0.717) is 30.1 Å². The minimum atomic E-state index is -4.41. The molecule has 10 heteroatoms. The fourth-order valence-corrected chi connectivity index (χ4v) is 3.37. The van der Waals surface area contributed by atoms with Crippen LogP contribution in [0.3, 0.4) is 0 Å². The molecule has 1 atom stereocenters. The normalized spacial score (nSPS) is 13.1. The largest absolute Gasteiger partial charge is 0.434 e. The molecule has 2 aromatic rings. The Morgan fingerprint density at radius 1 is 1.23 bits per heavy atom. The SMILES string of the molecule is CCNC(=NCc1nc(C(F)(F)F)cs1)NCCC(C)N(C)Cc1ccccc1.I. The average molecular weight is 555 g/mol. The molecule has 2 N–H and O–H groups in total. The monoisotopic (exact) mass is 555 g/mol. The predicted octanol–water partition coefficient (Wildman–Crippen LogP) is 4.75. The van der Waals surface area contributed by atoms with Crippen molar-refractivity contribution in [3.63, 3.8) is 0 Å². The molecular formula is C20H29F3IN5S. The second-order valence-corrected chi connectivity index (χ2v) is 7.73. The zero-order valence-electron chi connectivity index (χ0n) is 17.4. The van der Waals surface area contributed by atoms with Gasteiger partial charge in [0.2, 0.25) is 0 Å². The van der Waals surface area contributed by atoms with E-state index in [0.717, 1.165) is 29.7 Å². The van der Waals surface area contributed by atoms with Gasteiger partial charge in [-0.2, -0.15) is 13.2 Å². The summed E-state index contributed by atoms with van der Waals surface area (Å²) in [7, 11) is 2.09. The van der Waals surface area contributed by atoms with Gasteiger partial charge in [0, 0.05) is 31.1 Å². The van der Waals surface area contributed by atoms with Gasteiger partial charge in [0.15, 0.2) is 11.7 Å². The molecule has 2 rings (SSSR count). The van der Waals surface area contributed by atoms with Crippen molar-refractivity contribution in [3.05, 3.63) is 52.0 Å². The third-order valence-electron chi connectivity index (χ3n) is 4.44. The Morgan fingerprint density at radius 2 is 1.93 bits per heavy atom. The van der Waals surface area contributed by atoms with Crippen molar-refractivity contribution in [2.24, 2.45) is 4.99 Å². The third-order valence-corrected chi connectivity index (χ3v) is 5.27. The zero-order chi connectivity index (χ0) is 21.3. The number of benzene rings is 1. The number of nitrogens with zero attached hydrogens (tertiary/aromatic N) is 3. The summed E-state index contributed by atoms with van der Waals surface area (Å²) >= 11 is 0.970. The molecule has 0 spiro atoms. The Labute approximate surface area is 197 Å². The van der Waals surface area contributed by atoms with Crippen LogP contribution in [0.15, 0.2) is 40.7 Å². The molecule has 0 fully saturated rings. The Bertz CT molecular complexity index is 767. The van der Waals surface area contributed by atoms with Gasteiger partial charge in [-0.05, 0) is 32.9 Å². The maximum Gasteiger partial charge on any atom is 0.434 e. The number of aromatic nitrogens is 1. The van der Waals surface area contributed by atoms with E-state index in [1.165, 1.54) is 5.56 Å². The van der Waals surface area contributed by atoms with Gasteiger partial charge in [0.1, 0.15) is 5.01 Å². The number of hydrogen-bond acceptors (Lipinski definition) is 4. The molecule has 0 aliphatic rings. The van der Waals surface area contributed by atoms with Gasteiger partial charge < -0.3 is 10.6 Å². The van der Waals surface area contributed by atoms with Gasteiger partial charge in [-0.25, -0.2) is 9.98 Å². The van der Waals surface area contributed by atoms with Crippen LogP contribution in [0.25, 0.3) is 0 Å². The molecule has 1 unspecified atom stereocenters. The van der Waals surface area contributed by atoms with Gasteiger partial charge in [0.05, 0.1) is 6.54 Å². The lowest BCUT2D eigenvalue weighted by atomic mass is 10.1. The molecule has 0 saturated carbocycles. The quantitative estimate of drug-likeness (QED) is 0.267. The molecule has 0 bridgehead atoms. The minimum Gasteiger partial charge on any atom is -0.357 e. The van der Waals surface area contributed by atoms with Crippen molar-refractivity contribution >= 4 is 41.3 Å². The number of thiazole rings is 1. The van der Waals surface area contributed by atoms with Crippen molar-refractivity contribution in [2.75, 3.05) is 20.1 Å². The van der Waals surface area contributed by atoms with E-state index in [1.807, 2.05) is 25.1 Å². The third kappa shape index (κ3) is 9.17. The summed E-state index contributed by atoms with van der Waals surface area (Å²) in [5.74, 6) is 0.578. The van der Waals surface area contributed by atoms with Gasteiger partial charge in [-0.1, -0.05) is 30.3 Å². The lowest BCUT2D eigenvalue weighted by Crippen LogP contribution is -2.40. The fourth-order valence-electron chi connectivity index (χ4n) is 2.65. The van der Waals surface area contributed by atoms with E-state index in [1.54, 1.807) is 0 Å². The molecule has 0 saturated heterocycles. The summed E-state index contributed by atoms with van der Waals surface area (Å²) < 4.78 is 37.9. The average Bonchev–Trinajstić information content (AvgIpc) is 3.16. The van der Waals surface area contributed by atoms with E-state index in [-0.39, 0.29) is 30.5 Å². The Hall–Kier alpha value is -1.40. The molecule has 0 aliphatic heterocycles. The summed E-state index contributed by atoms with van der Waals surface area (Å²) in [4.78, 5) is 10.2. The number of halogens is 4. The number of hydrogen-bond donors (Lipinski definition) is 2. The fraction of sp³-hybridized carbons (Fsp3) is 0.500. The van der Waals surface area contributed by atoms with Gasteiger partial charge in [-0.15, -0.1) is 35.3 Å². The Balaban J connectivity index is 0.00000450. The van der Waals surface area contributed by atoms with Crippen LogP contribution in [0, 0.1) is 0 Å². The summed E-state index contributed by atoms with van der Waals surface area (Å²) in [6, 6.07) is 10.7. The molecule has 168 valence electrons. The van der Waals surface area contributed by atoms with Crippen LogP contribution in [0.2, 0.25) is 0 Å². The van der Waals surface area contributed by atoms with Crippen LogP contribution >= 0.6 is 35.3 Å². The van der Waals surface area contributed by atoms with Crippen molar-refractivity contribution in [2.45, 2.75) is 45.6 Å². The number of nitrogens with one attached hydrogen (secondary N) is 2. The second-order valence-electron chi connectivity index (χ2n) is 6.78. The van der Waals surface area contributed by atoms with Crippen LogP contribution in [0.4, 0.5) is 13.2 Å². The maximum absolute atomic E-state index is 12.6. The molecule has 0 aliphatic carbocycles. The first-order valence-electron chi connectivity index (χ1n) is 9.57. The van der Waals surface area contributed by atoms with Gasteiger partial charge in [-0.3, -0.25) is 4.90 Å². The first-order chi connectivity index (χ1) is 13.8. The Morgan fingerprint density at radius 3 is 2.53 bits per heavy atom. The summed E-state index contributed by atoms with van der Waals surface area (Å²) in [5, 5.41) is 7.72. The topological polar surface area (TPSA) is 52.6 Å². The smallest absolute Gasteiger partial charge is 0.357 e. The summed E-state index contributed by atoms with van der Waals surface area (Å²) in [6.45, 7) is 6.47. The molecule has 30 heavy (non-hydrogen) atoms. The number of rotatable bonds is 9. The lowest BCUT2D eigenvalue weighted by molar-refractivity contribution is -0.140. The van der Waals surface area contributed by atoms with Crippen LogP contribution in [0.1, 0.15) is 36.5 Å². The van der Waals surface area contributed by atoms with E-state index in [9.17, 15) is 13.2 Å². The second kappa shape index (κ2) is 13.1. The number of alkyl halides is 3. The highest BCUT2D eigenvalue weighted by Crippen LogP contribution is 2.30. The highest BCUT2D eigenvalue weighted by Gasteiger charge is 2.33. The van der Waals surface area contributed by atoms with E-state index in [4.69, 9.17) is 0 Å². The Kier molecular flexibility index (Phi) is 11.6. The highest BCUT2D eigenvalue weighted by atomic mass is 127. The zero-order valence-corrected chi connectivity index (χ0v) is 20.5. The number of guanidine groups is 1. The van der Waals surface area contributed by atoms with E-state index in [2.05, 4.69) is 51.6 Å². The van der Waals surface area contributed by atoms with Crippen molar-refractivity contribution in [3.8, 4) is 0 Å². The van der Waals surface area contributed by atoms with E-state index >= 15 is 0 Å². The van der Waals surface area contributed by atoms with Gasteiger partial charge >= 0.3 is 6.18 Å². The summed E-state index contributed by atoms with van der Waals surface area (Å²) in [6.07, 6.45) is -3.51. The maximum atomic E-state index is 12.6. The first-order valence-corrected chi connectivity index (χ1v) is 10.5. The first kappa shape index (κ1) is 26.6. The van der Waals surface area contributed by atoms with Crippen LogP contribution in [-0.4, -0.2) is 42.0 Å². The molecule has 0 amide bonds. The molecular weight excluding hydrogens is 526 g/mol. The van der Waals surface area contributed by atoms with E-state index < -0.39 is 11.9 Å². The lowest BCUT2D eigenvalue weighted by Gasteiger charge is -2.25. The predicted molar refractivity (Wildman–Crippen MR) is 127 cm³/mol. The number of aliphatic imine (C=N–C) groups is 1. The minimum absolute atomic E-state index is 0. The van der Waals surface area contributed by atoms with Crippen LogP contribution in [0.5, 0.6) is 0 Å². The van der Waals surface area contributed by atoms with Crippen LogP contribution < -0.4 is 10.6 Å². The van der Waals surface area contributed by atoms with Gasteiger partial charge in [0.25, 0.3) is 0 Å². The molecule has 1 aromatic carbocycles. The van der Waals surface area contributed by atoms with Crippen molar-refractivity contribution in [1.82, 2.24) is 20.5 Å². The highest BCUT2D eigenvalue weighted by molar-refractivity contribution is 14.0. The van der Waals surface area contributed by atoms with Crippen LogP contribution in [-0.2, 0) is 19.3 Å². The summed E-state index contributed by atoms with van der Waals surface area (Å²) in [5.41, 5.74) is 0.410. The standard InChI is InChI=1S/C20H28F3N5S.HI/c1-4-24-19(26-12-18-27-17(14-29-18)20(21,22)23)25-11-10-15(2)28(3)13-16-8-6-5-7-9-16;/h5-9,14-15H,4,10-13H2,1-3H3,(H2,24,25,26);1H. The molecule has 1 heterocycles. The molecule has 5 nitrogen and oxygen atoms in total. The molecule has 1 aromatic heterocycles. The van der Waals surface area contributed by atoms with Crippen molar-refractivity contribution < 1.29 is 13.2 Å².